The Morgan fingerprint density at radius 3 is 2.74 bits per heavy atom. The first-order valence-corrected chi connectivity index (χ1v) is 8.60. The average Bonchev–Trinajstić information content (AvgIpc) is 3.03. The molecule has 4 aromatic rings. The van der Waals surface area contributed by atoms with Gasteiger partial charge in [-0.2, -0.15) is 15.3 Å². The number of nitrogens with zero attached hydrogens (tertiary/aromatic N) is 6. The summed E-state index contributed by atoms with van der Waals surface area (Å²) in [6, 6.07) is 12.9. The highest BCUT2D eigenvalue weighted by Crippen LogP contribution is 2.43. The molecule has 0 saturated heterocycles. The van der Waals surface area contributed by atoms with Crippen LogP contribution in [-0.4, -0.2) is 31.2 Å². The minimum Gasteiger partial charge on any atom is -0.260 e. The Morgan fingerprint density at radius 2 is 1.96 bits per heavy atom. The summed E-state index contributed by atoms with van der Waals surface area (Å²) in [7, 11) is 1.85. The van der Waals surface area contributed by atoms with Gasteiger partial charge in [-0.1, -0.05) is 30.3 Å². The second kappa shape index (κ2) is 6.05. The SMILES string of the molecule is Cn1ncnc1C1c2nncc3cc(F)cc(c23)N=CC1c1ccccc1. The highest BCUT2D eigenvalue weighted by atomic mass is 19.1. The largest absolute Gasteiger partial charge is 0.260 e. The lowest BCUT2D eigenvalue weighted by atomic mass is 9.83. The Balaban J connectivity index is 1.85. The summed E-state index contributed by atoms with van der Waals surface area (Å²) in [5.74, 6) is 0.0345. The number of aliphatic imine (C=N–C) groups is 1. The summed E-state index contributed by atoms with van der Waals surface area (Å²) >= 11 is 0. The van der Waals surface area contributed by atoms with Crippen LogP contribution in [0.1, 0.15) is 28.9 Å². The van der Waals surface area contributed by atoms with Gasteiger partial charge in [-0.05, 0) is 11.6 Å². The van der Waals surface area contributed by atoms with Crippen molar-refractivity contribution in [3.05, 3.63) is 77.9 Å². The van der Waals surface area contributed by atoms with Crippen molar-refractivity contribution >= 4 is 22.7 Å². The van der Waals surface area contributed by atoms with E-state index < -0.39 is 0 Å². The molecule has 1 aliphatic heterocycles. The van der Waals surface area contributed by atoms with Gasteiger partial charge in [0.2, 0.25) is 0 Å². The van der Waals surface area contributed by atoms with E-state index in [1.807, 2.05) is 43.6 Å². The lowest BCUT2D eigenvalue weighted by Crippen LogP contribution is -2.19. The van der Waals surface area contributed by atoms with Crippen molar-refractivity contribution in [2.45, 2.75) is 11.8 Å². The number of rotatable bonds is 2. The Labute approximate surface area is 154 Å². The van der Waals surface area contributed by atoms with Gasteiger partial charge < -0.3 is 0 Å². The van der Waals surface area contributed by atoms with Gasteiger partial charge in [0.25, 0.3) is 0 Å². The molecule has 5 rings (SSSR count). The Morgan fingerprint density at radius 1 is 1.11 bits per heavy atom. The van der Waals surface area contributed by atoms with Crippen LogP contribution >= 0.6 is 0 Å². The van der Waals surface area contributed by atoms with E-state index in [0.29, 0.717) is 11.1 Å². The van der Waals surface area contributed by atoms with E-state index in [9.17, 15) is 4.39 Å². The molecule has 2 atom stereocenters. The van der Waals surface area contributed by atoms with Crippen LogP contribution < -0.4 is 0 Å². The van der Waals surface area contributed by atoms with Crippen LogP contribution in [0.3, 0.4) is 0 Å². The molecule has 2 aromatic heterocycles. The molecule has 0 spiro atoms. The first-order chi connectivity index (χ1) is 13.2. The monoisotopic (exact) mass is 358 g/mol. The normalized spacial score (nSPS) is 18.6. The molecule has 0 amide bonds. The molecular formula is C20H15FN6. The van der Waals surface area contributed by atoms with Gasteiger partial charge in [0.15, 0.2) is 0 Å². The number of hydrogen-bond donors (Lipinski definition) is 0. The predicted molar refractivity (Wildman–Crippen MR) is 99.7 cm³/mol. The Kier molecular flexibility index (Phi) is 3.53. The average molecular weight is 358 g/mol. The van der Waals surface area contributed by atoms with Gasteiger partial charge in [0.05, 0.1) is 23.5 Å². The summed E-state index contributed by atoms with van der Waals surface area (Å²) in [5.41, 5.74) is 2.35. The van der Waals surface area contributed by atoms with Crippen molar-refractivity contribution in [1.82, 2.24) is 25.0 Å². The van der Waals surface area contributed by atoms with Gasteiger partial charge >= 0.3 is 0 Å². The van der Waals surface area contributed by atoms with E-state index in [0.717, 1.165) is 22.5 Å². The summed E-state index contributed by atoms with van der Waals surface area (Å²) in [6.45, 7) is 0. The fourth-order valence-corrected chi connectivity index (χ4v) is 3.76. The first kappa shape index (κ1) is 15.7. The van der Waals surface area contributed by atoms with E-state index in [4.69, 9.17) is 0 Å². The van der Waals surface area contributed by atoms with Crippen molar-refractivity contribution in [1.29, 1.82) is 0 Å². The zero-order valence-electron chi connectivity index (χ0n) is 14.5. The fraction of sp³-hybridized carbons (Fsp3) is 0.150. The van der Waals surface area contributed by atoms with Crippen molar-refractivity contribution in [2.24, 2.45) is 12.0 Å². The maximum absolute atomic E-state index is 14.1. The molecule has 7 heteroatoms. The van der Waals surface area contributed by atoms with Crippen LogP contribution in [0, 0.1) is 5.82 Å². The molecule has 6 nitrogen and oxygen atoms in total. The standard InChI is InChI=1S/C20H15FN6/c1-27-20(23-11-25-27)18-15(12-5-3-2-4-6-12)10-22-16-8-14(21)7-13-9-24-26-19(18)17(13)16/h2-11,15,18H,1H3. The van der Waals surface area contributed by atoms with Crippen LogP contribution in [0.5, 0.6) is 0 Å². The van der Waals surface area contributed by atoms with Crippen LogP contribution in [0.15, 0.2) is 60.0 Å². The van der Waals surface area contributed by atoms with Crippen molar-refractivity contribution < 1.29 is 4.39 Å². The third-order valence-corrected chi connectivity index (χ3v) is 4.97. The minimum atomic E-state index is -0.345. The van der Waals surface area contributed by atoms with Crippen molar-refractivity contribution in [3.8, 4) is 0 Å². The third kappa shape index (κ3) is 2.51. The molecule has 0 bridgehead atoms. The summed E-state index contributed by atoms with van der Waals surface area (Å²) in [4.78, 5) is 9.11. The number of hydrogen-bond acceptors (Lipinski definition) is 5. The highest BCUT2D eigenvalue weighted by molar-refractivity contribution is 5.97. The summed E-state index contributed by atoms with van der Waals surface area (Å²) in [5, 5.41) is 14.3. The van der Waals surface area contributed by atoms with Gasteiger partial charge in [0, 0.05) is 36.0 Å². The molecule has 2 aromatic carbocycles. The predicted octanol–water partition coefficient (Wildman–Crippen LogP) is 3.53. The summed E-state index contributed by atoms with van der Waals surface area (Å²) in [6.07, 6.45) is 4.95. The second-order valence-electron chi connectivity index (χ2n) is 6.55. The molecular weight excluding hydrogens is 343 g/mol. The van der Waals surface area contributed by atoms with E-state index >= 15 is 0 Å². The van der Waals surface area contributed by atoms with Gasteiger partial charge in [-0.15, -0.1) is 0 Å². The molecule has 0 saturated carbocycles. The van der Waals surface area contributed by atoms with Gasteiger partial charge in [-0.3, -0.25) is 9.67 Å². The van der Waals surface area contributed by atoms with E-state index in [2.05, 4.69) is 25.3 Å². The molecule has 132 valence electrons. The number of halogens is 1. The molecule has 1 aliphatic rings. The van der Waals surface area contributed by atoms with Crippen molar-refractivity contribution in [3.63, 3.8) is 0 Å². The maximum Gasteiger partial charge on any atom is 0.138 e. The molecule has 2 unspecified atom stereocenters. The molecule has 0 fully saturated rings. The Bertz CT molecular complexity index is 1170. The fourth-order valence-electron chi connectivity index (χ4n) is 3.76. The van der Waals surface area contributed by atoms with E-state index in [1.54, 1.807) is 10.9 Å². The number of aryl methyl sites for hydroxylation is 1. The third-order valence-electron chi connectivity index (χ3n) is 4.97. The highest BCUT2D eigenvalue weighted by Gasteiger charge is 2.34. The zero-order chi connectivity index (χ0) is 18.4. The van der Waals surface area contributed by atoms with Gasteiger partial charge in [-0.25, -0.2) is 9.37 Å². The first-order valence-electron chi connectivity index (χ1n) is 8.60. The van der Waals surface area contributed by atoms with Crippen LogP contribution in [0.25, 0.3) is 10.8 Å². The molecule has 0 N–H and O–H groups in total. The van der Waals surface area contributed by atoms with Crippen molar-refractivity contribution in [2.75, 3.05) is 0 Å². The molecule has 0 aliphatic carbocycles. The lowest BCUT2D eigenvalue weighted by molar-refractivity contribution is 0.612. The number of benzene rings is 2. The lowest BCUT2D eigenvalue weighted by Gasteiger charge is -2.22. The number of aromatic nitrogens is 5. The molecule has 0 radical (unpaired) electrons. The summed E-state index contributed by atoms with van der Waals surface area (Å²) < 4.78 is 15.8. The minimum absolute atomic E-state index is 0.135. The second-order valence-corrected chi connectivity index (χ2v) is 6.55. The molecule has 27 heavy (non-hydrogen) atoms. The van der Waals surface area contributed by atoms with Crippen LogP contribution in [0.4, 0.5) is 10.1 Å². The van der Waals surface area contributed by atoms with Crippen LogP contribution in [0.2, 0.25) is 0 Å². The quantitative estimate of drug-likeness (QED) is 0.550. The van der Waals surface area contributed by atoms with E-state index in [-0.39, 0.29) is 17.7 Å². The van der Waals surface area contributed by atoms with Gasteiger partial charge in [0.1, 0.15) is 18.0 Å². The zero-order valence-corrected chi connectivity index (χ0v) is 14.5. The topological polar surface area (TPSA) is 68.8 Å². The van der Waals surface area contributed by atoms with E-state index in [1.165, 1.54) is 18.5 Å². The molecule has 3 heterocycles. The smallest absolute Gasteiger partial charge is 0.138 e. The maximum atomic E-state index is 14.1. The Hall–Kier alpha value is -3.48. The van der Waals surface area contributed by atoms with Crippen LogP contribution in [-0.2, 0) is 7.05 Å².